The quantitative estimate of drug-likeness (QED) is 0.775. The van der Waals surface area contributed by atoms with Crippen LogP contribution in [0.15, 0.2) is 9.59 Å². The smallest absolute Gasteiger partial charge is 0.329 e. The first-order chi connectivity index (χ1) is 10.5. The first-order valence-electron chi connectivity index (χ1n) is 7.92. The second-order valence-electron chi connectivity index (χ2n) is 5.78. The minimum atomic E-state index is -0.685. The molecule has 1 aromatic heterocycles. The Morgan fingerprint density at radius 1 is 1.18 bits per heavy atom. The first-order valence-corrected chi connectivity index (χ1v) is 7.92. The Balaban J connectivity index is 2.27. The fourth-order valence-electron chi connectivity index (χ4n) is 2.88. The van der Waals surface area contributed by atoms with E-state index in [-0.39, 0.29) is 23.7 Å². The average molecular weight is 308 g/mol. The van der Waals surface area contributed by atoms with Crippen LogP contribution in [-0.4, -0.2) is 39.9 Å². The van der Waals surface area contributed by atoms with Gasteiger partial charge in [-0.3, -0.25) is 24.0 Å². The summed E-state index contributed by atoms with van der Waals surface area (Å²) >= 11 is 0. The van der Waals surface area contributed by atoms with Crippen LogP contribution in [0.4, 0.5) is 5.82 Å². The summed E-state index contributed by atoms with van der Waals surface area (Å²) in [6.07, 6.45) is 5.17. The van der Waals surface area contributed by atoms with E-state index in [2.05, 4.69) is 9.88 Å². The number of H-pyrrole nitrogens is 1. The van der Waals surface area contributed by atoms with Crippen molar-refractivity contribution in [2.75, 3.05) is 25.4 Å². The zero-order valence-electron chi connectivity index (χ0n) is 13.1. The van der Waals surface area contributed by atoms with Gasteiger partial charge in [-0.15, -0.1) is 0 Å². The summed E-state index contributed by atoms with van der Waals surface area (Å²) in [6.45, 7) is 4.18. The molecule has 22 heavy (non-hydrogen) atoms. The van der Waals surface area contributed by atoms with Crippen molar-refractivity contribution in [2.45, 2.75) is 45.6 Å². The molecule has 0 radical (unpaired) electrons. The molecule has 0 amide bonds. The molecule has 0 atom stereocenters. The van der Waals surface area contributed by atoms with E-state index in [9.17, 15) is 14.4 Å². The van der Waals surface area contributed by atoms with E-state index in [1.165, 1.54) is 17.4 Å². The third kappa shape index (κ3) is 3.65. The number of Topliss-reactive ketones (excluding diaryl/α,β-unsaturated/α-hetero) is 1. The maximum absolute atomic E-state index is 12.5. The minimum absolute atomic E-state index is 0.0181. The van der Waals surface area contributed by atoms with Gasteiger partial charge in [-0.25, -0.2) is 4.79 Å². The lowest BCUT2D eigenvalue weighted by Gasteiger charge is -2.19. The molecule has 0 aliphatic carbocycles. The molecule has 3 N–H and O–H groups in total. The Morgan fingerprint density at radius 2 is 1.82 bits per heavy atom. The van der Waals surface area contributed by atoms with Crippen LogP contribution in [0.2, 0.25) is 0 Å². The molecule has 1 fully saturated rings. The lowest BCUT2D eigenvalue weighted by atomic mass is 10.1. The van der Waals surface area contributed by atoms with Crippen LogP contribution in [0.25, 0.3) is 0 Å². The number of nitrogen functional groups attached to an aromatic ring is 1. The molecule has 0 saturated carbocycles. The zero-order chi connectivity index (χ0) is 16.1. The maximum Gasteiger partial charge on any atom is 0.329 e. The van der Waals surface area contributed by atoms with Crippen molar-refractivity contribution in [2.24, 2.45) is 0 Å². The van der Waals surface area contributed by atoms with Crippen molar-refractivity contribution in [3.05, 3.63) is 26.4 Å². The SMILES string of the molecule is CCCn1c(N)c(C(=O)CN2CCCCCC2)c(=O)[nH]c1=O. The van der Waals surface area contributed by atoms with Crippen molar-refractivity contribution in [1.82, 2.24) is 14.5 Å². The molecule has 0 unspecified atom stereocenters. The van der Waals surface area contributed by atoms with Crippen molar-refractivity contribution in [3.8, 4) is 0 Å². The summed E-state index contributed by atoms with van der Waals surface area (Å²) in [5.41, 5.74) is 4.58. The summed E-state index contributed by atoms with van der Waals surface area (Å²) in [5.74, 6) is -0.332. The summed E-state index contributed by atoms with van der Waals surface area (Å²) in [6, 6.07) is 0. The van der Waals surface area contributed by atoms with Gasteiger partial charge in [0.05, 0.1) is 6.54 Å². The number of nitrogens with one attached hydrogen (secondary N) is 1. The molecular weight excluding hydrogens is 284 g/mol. The molecule has 1 aliphatic heterocycles. The number of hydrogen-bond donors (Lipinski definition) is 2. The summed E-state index contributed by atoms with van der Waals surface area (Å²) in [4.78, 5) is 40.5. The Morgan fingerprint density at radius 3 is 2.41 bits per heavy atom. The summed E-state index contributed by atoms with van der Waals surface area (Å²) in [7, 11) is 0. The lowest BCUT2D eigenvalue weighted by Crippen LogP contribution is -2.39. The van der Waals surface area contributed by atoms with Crippen LogP contribution in [0, 0.1) is 0 Å². The zero-order valence-corrected chi connectivity index (χ0v) is 13.1. The predicted molar refractivity (Wildman–Crippen MR) is 85.3 cm³/mol. The Hall–Kier alpha value is -1.89. The fraction of sp³-hybridized carbons (Fsp3) is 0.667. The van der Waals surface area contributed by atoms with E-state index in [0.29, 0.717) is 13.0 Å². The fourth-order valence-corrected chi connectivity index (χ4v) is 2.88. The number of carbonyl (C=O) groups excluding carboxylic acids is 1. The second-order valence-corrected chi connectivity index (χ2v) is 5.78. The normalized spacial score (nSPS) is 16.4. The highest BCUT2D eigenvalue weighted by Gasteiger charge is 2.21. The standard InChI is InChI=1S/C15H24N4O3/c1-2-7-19-13(16)12(14(21)17-15(19)22)11(20)10-18-8-5-3-4-6-9-18/h2-10,16H2,1H3,(H,17,21,22). The van der Waals surface area contributed by atoms with E-state index in [1.54, 1.807) is 0 Å². The first kappa shape index (κ1) is 16.5. The predicted octanol–water partition coefficient (Wildman–Crippen LogP) is 0.588. The van der Waals surface area contributed by atoms with Crippen LogP contribution in [0.5, 0.6) is 0 Å². The number of nitrogens with zero attached hydrogens (tertiary/aromatic N) is 2. The Kier molecular flexibility index (Phi) is 5.54. The highest BCUT2D eigenvalue weighted by atomic mass is 16.2. The van der Waals surface area contributed by atoms with Crippen LogP contribution >= 0.6 is 0 Å². The summed E-state index contributed by atoms with van der Waals surface area (Å²) in [5, 5.41) is 0. The van der Waals surface area contributed by atoms with Crippen molar-refractivity contribution >= 4 is 11.6 Å². The number of rotatable bonds is 5. The average Bonchev–Trinajstić information content (AvgIpc) is 2.71. The highest BCUT2D eigenvalue weighted by molar-refractivity contribution is 6.01. The molecule has 1 aromatic rings. The molecule has 1 aliphatic rings. The molecular formula is C15H24N4O3. The lowest BCUT2D eigenvalue weighted by molar-refractivity contribution is 0.0931. The van der Waals surface area contributed by atoms with Gasteiger partial charge in [0, 0.05) is 6.54 Å². The van der Waals surface area contributed by atoms with Gasteiger partial charge in [-0.05, 0) is 32.4 Å². The van der Waals surface area contributed by atoms with Crippen molar-refractivity contribution < 1.29 is 4.79 Å². The molecule has 0 bridgehead atoms. The highest BCUT2D eigenvalue weighted by Crippen LogP contribution is 2.12. The van der Waals surface area contributed by atoms with Crippen LogP contribution < -0.4 is 17.0 Å². The van der Waals surface area contributed by atoms with Crippen LogP contribution in [0.3, 0.4) is 0 Å². The van der Waals surface area contributed by atoms with Crippen LogP contribution in [0.1, 0.15) is 49.4 Å². The number of aromatic amines is 1. The number of ketones is 1. The number of likely N-dealkylation sites (tertiary alicyclic amines) is 1. The topological polar surface area (TPSA) is 101 Å². The Labute approximate surface area is 129 Å². The van der Waals surface area contributed by atoms with E-state index in [0.717, 1.165) is 25.9 Å². The van der Waals surface area contributed by atoms with Gasteiger partial charge in [0.2, 0.25) is 0 Å². The molecule has 1 saturated heterocycles. The largest absolute Gasteiger partial charge is 0.384 e. The van der Waals surface area contributed by atoms with E-state index >= 15 is 0 Å². The van der Waals surface area contributed by atoms with Gasteiger partial charge >= 0.3 is 5.69 Å². The van der Waals surface area contributed by atoms with Crippen molar-refractivity contribution in [1.29, 1.82) is 0 Å². The Bertz CT molecular complexity index is 639. The molecule has 7 heteroatoms. The van der Waals surface area contributed by atoms with Gasteiger partial charge in [0.15, 0.2) is 5.78 Å². The van der Waals surface area contributed by atoms with Gasteiger partial charge < -0.3 is 5.73 Å². The third-order valence-corrected chi connectivity index (χ3v) is 4.03. The number of nitrogens with two attached hydrogens (primary N) is 1. The minimum Gasteiger partial charge on any atom is -0.384 e. The number of aromatic nitrogens is 2. The maximum atomic E-state index is 12.5. The van der Waals surface area contributed by atoms with Gasteiger partial charge in [0.25, 0.3) is 5.56 Å². The molecule has 7 nitrogen and oxygen atoms in total. The van der Waals surface area contributed by atoms with Gasteiger partial charge in [-0.1, -0.05) is 19.8 Å². The van der Waals surface area contributed by atoms with E-state index in [1.807, 2.05) is 6.92 Å². The number of carbonyl (C=O) groups is 1. The monoisotopic (exact) mass is 308 g/mol. The van der Waals surface area contributed by atoms with E-state index < -0.39 is 11.2 Å². The molecule has 2 rings (SSSR count). The number of hydrogen-bond acceptors (Lipinski definition) is 5. The van der Waals surface area contributed by atoms with Gasteiger partial charge in [-0.2, -0.15) is 0 Å². The molecule has 0 spiro atoms. The van der Waals surface area contributed by atoms with Crippen molar-refractivity contribution in [3.63, 3.8) is 0 Å². The second kappa shape index (κ2) is 7.40. The molecule has 122 valence electrons. The molecule has 0 aromatic carbocycles. The third-order valence-electron chi connectivity index (χ3n) is 4.03. The van der Waals surface area contributed by atoms with Crippen LogP contribution in [-0.2, 0) is 6.54 Å². The van der Waals surface area contributed by atoms with E-state index in [4.69, 9.17) is 5.73 Å². The summed E-state index contributed by atoms with van der Waals surface area (Å²) < 4.78 is 1.26. The van der Waals surface area contributed by atoms with Gasteiger partial charge in [0.1, 0.15) is 11.4 Å². The molecule has 2 heterocycles. The number of anilines is 1.